The minimum absolute atomic E-state index is 0.111. The average Bonchev–Trinajstić information content (AvgIpc) is 3.46. The maximum Gasteiger partial charge on any atom is 0.305 e. The molecule has 0 radical (unpaired) electrons. The third-order valence-electron chi connectivity index (χ3n) is 8.99. The van der Waals surface area contributed by atoms with E-state index in [9.17, 15) is 55.9 Å². The van der Waals surface area contributed by atoms with Crippen LogP contribution in [0.3, 0.4) is 0 Å². The Bertz CT molecular complexity index is 927. The highest BCUT2D eigenvalue weighted by Crippen LogP contribution is 2.40. The Morgan fingerprint density at radius 1 is 0.660 bits per heavy atom. The molecule has 0 spiro atoms. The van der Waals surface area contributed by atoms with Crippen LogP contribution in [-0.4, -0.2) is 169 Å². The zero-order valence-electron chi connectivity index (χ0n) is 26.8. The molecule has 13 atom stereocenters. The van der Waals surface area contributed by atoms with Crippen molar-refractivity contribution in [2.75, 3.05) is 33.0 Å². The van der Waals surface area contributed by atoms with E-state index in [2.05, 4.69) is 6.92 Å². The second kappa shape index (κ2) is 18.7. The van der Waals surface area contributed by atoms with Crippen LogP contribution < -0.4 is 0 Å². The lowest BCUT2D eigenvalue weighted by Gasteiger charge is -2.44. The van der Waals surface area contributed by atoms with Crippen LogP contribution in [0, 0.1) is 0 Å². The molecule has 10 N–H and O–H groups in total. The fourth-order valence-corrected chi connectivity index (χ4v) is 5.95. The van der Waals surface area contributed by atoms with Gasteiger partial charge in [-0.25, -0.2) is 0 Å². The van der Waals surface area contributed by atoms with E-state index in [-0.39, 0.29) is 6.42 Å². The summed E-state index contributed by atoms with van der Waals surface area (Å²) in [5.74, 6) is -5.51. The van der Waals surface area contributed by atoms with Gasteiger partial charge in [0, 0.05) is 6.42 Å². The molecule has 3 fully saturated rings. The summed E-state index contributed by atoms with van der Waals surface area (Å²) < 4.78 is 33.2. The minimum Gasteiger partial charge on any atom is -0.463 e. The number of carbonyl (C=O) groups excluding carboxylic acids is 1. The Kier molecular flexibility index (Phi) is 16.1. The van der Waals surface area contributed by atoms with Gasteiger partial charge in [-0.2, -0.15) is 0 Å². The lowest BCUT2D eigenvalue weighted by Crippen LogP contribution is -2.63. The number of hydrogen-bond donors (Lipinski definition) is 10. The molecule has 17 nitrogen and oxygen atoms in total. The Morgan fingerprint density at radius 3 is 1.79 bits per heavy atom. The molecule has 3 aliphatic rings. The quantitative estimate of drug-likeness (QED) is 0.0449. The Morgan fingerprint density at radius 2 is 1.21 bits per heavy atom. The van der Waals surface area contributed by atoms with Crippen LogP contribution in [0.25, 0.3) is 0 Å². The topological polar surface area (TPSA) is 275 Å². The maximum atomic E-state index is 12.4. The van der Waals surface area contributed by atoms with E-state index in [0.29, 0.717) is 6.42 Å². The third-order valence-corrected chi connectivity index (χ3v) is 8.99. The molecule has 3 saturated heterocycles. The maximum absolute atomic E-state index is 12.4. The van der Waals surface area contributed by atoms with Crippen LogP contribution in [-0.2, 0) is 33.2 Å². The van der Waals surface area contributed by atoms with Crippen LogP contribution >= 0.6 is 0 Å². The standard InChI is InChI=1S/C30H54O17/c1-2-3-4-5-6-7-8-9-10-11-20(34)42-14-19-23(37)27(41)30(46-19,47-28-25(39)24(38)21(35)17(12-31)44-28)16-43-29(15-33)26(40)22(36)18(13-32)45-29/h17-19,21-28,31-33,35-41H,2-16H2,1H3/t17-,18-,19-,21-,22-,23-,24+,25-,26+,27+,28-,29-,30+/m1/s1. The summed E-state index contributed by atoms with van der Waals surface area (Å²) in [7, 11) is 0. The summed E-state index contributed by atoms with van der Waals surface area (Å²) in [6, 6.07) is 0. The molecular formula is C30H54O17. The van der Waals surface area contributed by atoms with E-state index < -0.39 is 118 Å². The molecule has 17 heteroatoms. The monoisotopic (exact) mass is 686 g/mol. The Labute approximate surface area is 273 Å². The molecule has 0 aliphatic carbocycles. The zero-order chi connectivity index (χ0) is 34.8. The van der Waals surface area contributed by atoms with Gasteiger partial charge in [0.1, 0.15) is 80.9 Å². The second-order valence-corrected chi connectivity index (χ2v) is 12.5. The smallest absolute Gasteiger partial charge is 0.305 e. The molecule has 3 heterocycles. The predicted octanol–water partition coefficient (Wildman–Crippen LogP) is -3.10. The first-order chi connectivity index (χ1) is 22.4. The molecule has 0 aromatic rings. The summed E-state index contributed by atoms with van der Waals surface area (Å²) in [4.78, 5) is 12.4. The zero-order valence-corrected chi connectivity index (χ0v) is 26.8. The van der Waals surface area contributed by atoms with Crippen molar-refractivity contribution in [3.8, 4) is 0 Å². The van der Waals surface area contributed by atoms with Gasteiger partial charge in [-0.05, 0) is 6.42 Å². The molecule has 276 valence electrons. The first-order valence-corrected chi connectivity index (χ1v) is 16.5. The van der Waals surface area contributed by atoms with Crippen LogP contribution in [0.4, 0.5) is 0 Å². The molecule has 0 amide bonds. The molecule has 0 aromatic carbocycles. The number of carbonyl (C=O) groups is 1. The Balaban J connectivity index is 1.68. The van der Waals surface area contributed by atoms with Gasteiger partial charge in [0.05, 0.1) is 13.2 Å². The van der Waals surface area contributed by atoms with Crippen molar-refractivity contribution in [1.82, 2.24) is 0 Å². The van der Waals surface area contributed by atoms with E-state index in [1.807, 2.05) is 0 Å². The van der Waals surface area contributed by atoms with E-state index in [1.165, 1.54) is 25.7 Å². The van der Waals surface area contributed by atoms with Crippen LogP contribution in [0.5, 0.6) is 0 Å². The van der Waals surface area contributed by atoms with Gasteiger partial charge in [0.25, 0.3) is 0 Å². The molecule has 0 aromatic heterocycles. The minimum atomic E-state index is -2.55. The summed E-state index contributed by atoms with van der Waals surface area (Å²) >= 11 is 0. The van der Waals surface area contributed by atoms with E-state index in [1.54, 1.807) is 0 Å². The van der Waals surface area contributed by atoms with Crippen molar-refractivity contribution in [3.05, 3.63) is 0 Å². The van der Waals surface area contributed by atoms with Crippen LogP contribution in [0.15, 0.2) is 0 Å². The number of rotatable bonds is 20. The molecule has 3 aliphatic heterocycles. The van der Waals surface area contributed by atoms with Crippen molar-refractivity contribution in [2.45, 2.75) is 150 Å². The van der Waals surface area contributed by atoms with Gasteiger partial charge in [0.15, 0.2) is 6.29 Å². The molecule has 47 heavy (non-hydrogen) atoms. The van der Waals surface area contributed by atoms with Gasteiger partial charge in [-0.15, -0.1) is 0 Å². The average molecular weight is 687 g/mol. The second-order valence-electron chi connectivity index (χ2n) is 12.5. The highest BCUT2D eigenvalue weighted by molar-refractivity contribution is 5.69. The fraction of sp³-hybridized carbons (Fsp3) is 0.967. The lowest BCUT2D eigenvalue weighted by atomic mass is 9.99. The predicted molar refractivity (Wildman–Crippen MR) is 157 cm³/mol. The lowest BCUT2D eigenvalue weighted by molar-refractivity contribution is -0.399. The highest BCUT2D eigenvalue weighted by atomic mass is 16.8. The van der Waals surface area contributed by atoms with E-state index in [4.69, 9.17) is 28.4 Å². The molecule has 0 bridgehead atoms. The number of ether oxygens (including phenoxy) is 6. The normalized spacial score (nSPS) is 40.6. The number of esters is 1. The van der Waals surface area contributed by atoms with Gasteiger partial charge in [-0.1, -0.05) is 58.3 Å². The first kappa shape index (κ1) is 40.3. The number of aliphatic hydroxyl groups excluding tert-OH is 10. The van der Waals surface area contributed by atoms with Gasteiger partial charge in [0.2, 0.25) is 11.6 Å². The summed E-state index contributed by atoms with van der Waals surface area (Å²) in [6.07, 6.45) is -9.70. The summed E-state index contributed by atoms with van der Waals surface area (Å²) in [5, 5.41) is 103. The molecule has 3 rings (SSSR count). The van der Waals surface area contributed by atoms with Crippen molar-refractivity contribution in [3.63, 3.8) is 0 Å². The van der Waals surface area contributed by atoms with Crippen molar-refractivity contribution in [2.24, 2.45) is 0 Å². The highest BCUT2D eigenvalue weighted by Gasteiger charge is 2.62. The SMILES string of the molecule is CCCCCCCCCCCC(=O)OC[C@H]1O[C@@](CO[C@]2(CO)O[C@H](CO)[C@@H](O)[C@@H]2O)(O[C@H]2O[C@H](CO)[C@@H](O)[C@H](O)[C@H]2O)[C@@H](O)[C@@H]1O. The van der Waals surface area contributed by atoms with Crippen molar-refractivity contribution >= 4 is 5.97 Å². The summed E-state index contributed by atoms with van der Waals surface area (Å²) in [6.45, 7) is -2.05. The molecule has 0 unspecified atom stereocenters. The van der Waals surface area contributed by atoms with E-state index in [0.717, 1.165) is 25.7 Å². The van der Waals surface area contributed by atoms with Crippen LogP contribution in [0.2, 0.25) is 0 Å². The largest absolute Gasteiger partial charge is 0.463 e. The first-order valence-electron chi connectivity index (χ1n) is 16.5. The third kappa shape index (κ3) is 9.77. The number of aliphatic hydroxyl groups is 10. The Hall–Kier alpha value is -1.13. The van der Waals surface area contributed by atoms with Gasteiger partial charge in [-0.3, -0.25) is 4.79 Å². The van der Waals surface area contributed by atoms with Gasteiger partial charge >= 0.3 is 5.97 Å². The van der Waals surface area contributed by atoms with Crippen molar-refractivity contribution in [1.29, 1.82) is 0 Å². The van der Waals surface area contributed by atoms with Crippen LogP contribution in [0.1, 0.15) is 71.1 Å². The number of unbranched alkanes of at least 4 members (excludes halogenated alkanes) is 8. The van der Waals surface area contributed by atoms with Crippen molar-refractivity contribution < 1.29 is 84.3 Å². The molecular weight excluding hydrogens is 632 g/mol. The van der Waals surface area contributed by atoms with E-state index >= 15 is 0 Å². The molecule has 0 saturated carbocycles. The summed E-state index contributed by atoms with van der Waals surface area (Å²) in [5.41, 5.74) is 0. The number of hydrogen-bond acceptors (Lipinski definition) is 17. The van der Waals surface area contributed by atoms with Gasteiger partial charge < -0.3 is 79.5 Å². The fourth-order valence-electron chi connectivity index (χ4n) is 5.95.